The number of hydrogen-bond donors (Lipinski definition) is 2. The average Bonchev–Trinajstić information content (AvgIpc) is 3.00. The van der Waals surface area contributed by atoms with Crippen molar-refractivity contribution >= 4 is 21.7 Å². The molecule has 1 aliphatic rings. The summed E-state index contributed by atoms with van der Waals surface area (Å²) in [5.74, 6) is -0.659. The van der Waals surface area contributed by atoms with Crippen LogP contribution < -0.4 is 10.5 Å². The van der Waals surface area contributed by atoms with E-state index < -0.39 is 21.3 Å². The molecule has 0 aliphatic heterocycles. The Kier molecular flexibility index (Phi) is 2.84. The molecule has 1 saturated carbocycles. The summed E-state index contributed by atoms with van der Waals surface area (Å²) in [5, 5.41) is 3.36. The molecule has 1 aromatic rings. The van der Waals surface area contributed by atoms with Gasteiger partial charge in [0, 0.05) is 0 Å². The minimum atomic E-state index is -4.01. The first kappa shape index (κ1) is 12.9. The number of carbonyl (C=O) groups is 1. The highest BCUT2D eigenvalue weighted by Gasteiger charge is 2.49. The van der Waals surface area contributed by atoms with E-state index in [0.29, 0.717) is 19.3 Å². The third-order valence-corrected chi connectivity index (χ3v) is 4.83. The van der Waals surface area contributed by atoms with Gasteiger partial charge in [-0.25, -0.2) is 13.1 Å². The van der Waals surface area contributed by atoms with E-state index in [1.807, 2.05) is 11.6 Å². The first-order valence-electron chi connectivity index (χ1n) is 5.61. The first-order valence-corrected chi connectivity index (χ1v) is 7.10. The number of nitrogens with two attached hydrogens (primary N) is 1. The Balaban J connectivity index is 2.26. The maximum absolute atomic E-state index is 12.0. The van der Waals surface area contributed by atoms with E-state index in [-0.39, 0.29) is 16.5 Å². The molecule has 3 N–H and O–H groups in total. The van der Waals surface area contributed by atoms with Gasteiger partial charge in [0.25, 0.3) is 10.0 Å². The number of aryl methyl sites for hydroxylation is 1. The van der Waals surface area contributed by atoms with Crippen molar-refractivity contribution < 1.29 is 17.7 Å². The van der Waals surface area contributed by atoms with Gasteiger partial charge in [0.15, 0.2) is 16.5 Å². The van der Waals surface area contributed by atoms with Crippen molar-refractivity contribution in [1.29, 1.82) is 0 Å². The molecule has 2 rings (SSSR count). The Bertz CT molecular complexity index is 567. The molecule has 0 atom stereocenters. The van der Waals surface area contributed by atoms with Gasteiger partial charge in [-0.15, -0.1) is 0 Å². The SMILES string of the molecule is CCC1(C(=O)NS(=O)(=O)c2c(N)noc2C)CC1. The second-order valence-corrected chi connectivity index (χ2v) is 6.14. The zero-order chi connectivity index (χ0) is 13.6. The standard InChI is InChI=1S/C10H15N3O4S/c1-3-10(4-5-10)9(14)13-18(15,16)7-6(2)17-12-8(7)11/h3-5H2,1-2H3,(H2,11,12)(H,13,14). The lowest BCUT2D eigenvalue weighted by molar-refractivity contribution is -0.124. The quantitative estimate of drug-likeness (QED) is 0.828. The molecule has 0 bridgehead atoms. The number of hydrogen-bond acceptors (Lipinski definition) is 6. The summed E-state index contributed by atoms with van der Waals surface area (Å²) in [6.45, 7) is 3.29. The number of nitrogen functional groups attached to an aromatic ring is 1. The highest BCUT2D eigenvalue weighted by Crippen LogP contribution is 2.49. The third kappa shape index (κ3) is 1.96. The molecule has 1 heterocycles. The van der Waals surface area contributed by atoms with E-state index in [1.54, 1.807) is 0 Å². The maximum atomic E-state index is 12.0. The molecule has 1 aliphatic carbocycles. The van der Waals surface area contributed by atoms with Crippen LogP contribution in [0.3, 0.4) is 0 Å². The van der Waals surface area contributed by atoms with Crippen LogP contribution in [0, 0.1) is 12.3 Å². The fourth-order valence-corrected chi connectivity index (χ4v) is 3.17. The molecule has 1 amide bonds. The van der Waals surface area contributed by atoms with E-state index in [2.05, 4.69) is 9.68 Å². The molecule has 1 fully saturated rings. The minimum Gasteiger partial charge on any atom is -0.380 e. The largest absolute Gasteiger partial charge is 0.380 e. The zero-order valence-corrected chi connectivity index (χ0v) is 11.0. The molecule has 1 aromatic heterocycles. The van der Waals surface area contributed by atoms with Gasteiger partial charge in [0.2, 0.25) is 5.91 Å². The van der Waals surface area contributed by atoms with Gasteiger partial charge in [0.05, 0.1) is 5.41 Å². The Morgan fingerprint density at radius 2 is 2.17 bits per heavy atom. The van der Waals surface area contributed by atoms with Gasteiger partial charge in [-0.05, 0) is 26.2 Å². The Morgan fingerprint density at radius 3 is 2.56 bits per heavy atom. The Morgan fingerprint density at radius 1 is 1.56 bits per heavy atom. The fraction of sp³-hybridized carbons (Fsp3) is 0.600. The van der Waals surface area contributed by atoms with E-state index in [4.69, 9.17) is 5.73 Å². The van der Waals surface area contributed by atoms with Crippen molar-refractivity contribution in [2.24, 2.45) is 5.41 Å². The molecule has 0 unspecified atom stereocenters. The number of anilines is 1. The van der Waals surface area contributed by atoms with Crippen LogP contribution in [-0.4, -0.2) is 19.5 Å². The molecule has 7 nitrogen and oxygen atoms in total. The number of rotatable bonds is 4. The summed E-state index contributed by atoms with van der Waals surface area (Å²) in [6, 6.07) is 0. The van der Waals surface area contributed by atoms with E-state index >= 15 is 0 Å². The number of amides is 1. The van der Waals surface area contributed by atoms with Crippen molar-refractivity contribution in [3.05, 3.63) is 5.76 Å². The van der Waals surface area contributed by atoms with E-state index in [9.17, 15) is 13.2 Å². The van der Waals surface area contributed by atoms with Crippen molar-refractivity contribution in [1.82, 2.24) is 9.88 Å². The predicted molar refractivity (Wildman–Crippen MR) is 62.9 cm³/mol. The fourth-order valence-electron chi connectivity index (χ4n) is 1.88. The summed E-state index contributed by atoms with van der Waals surface area (Å²) in [7, 11) is -4.01. The topological polar surface area (TPSA) is 115 Å². The summed E-state index contributed by atoms with van der Waals surface area (Å²) >= 11 is 0. The molecular formula is C10H15N3O4S. The number of nitrogens with zero attached hydrogens (tertiary/aromatic N) is 1. The Hall–Kier alpha value is -1.57. The van der Waals surface area contributed by atoms with Crippen molar-refractivity contribution in [2.75, 3.05) is 5.73 Å². The molecule has 100 valence electrons. The minimum absolute atomic E-state index is 0.0640. The van der Waals surface area contributed by atoms with Crippen LogP contribution in [0.5, 0.6) is 0 Å². The molecule has 0 spiro atoms. The van der Waals surface area contributed by atoms with Crippen molar-refractivity contribution in [3.63, 3.8) is 0 Å². The van der Waals surface area contributed by atoms with Gasteiger partial charge >= 0.3 is 0 Å². The lowest BCUT2D eigenvalue weighted by Gasteiger charge is -2.12. The van der Waals surface area contributed by atoms with Gasteiger partial charge in [0.1, 0.15) is 0 Å². The van der Waals surface area contributed by atoms with Gasteiger partial charge in [-0.3, -0.25) is 4.79 Å². The number of sulfonamides is 1. The number of aromatic nitrogens is 1. The normalized spacial score (nSPS) is 17.4. The third-order valence-electron chi connectivity index (χ3n) is 3.34. The highest BCUT2D eigenvalue weighted by atomic mass is 32.2. The second-order valence-electron chi connectivity index (χ2n) is 4.52. The molecule has 0 aromatic carbocycles. The molecular weight excluding hydrogens is 258 g/mol. The van der Waals surface area contributed by atoms with Crippen LogP contribution in [0.2, 0.25) is 0 Å². The molecule has 0 radical (unpaired) electrons. The van der Waals surface area contributed by atoms with Crippen LogP contribution in [0.15, 0.2) is 9.42 Å². The van der Waals surface area contributed by atoms with Gasteiger partial charge in [-0.1, -0.05) is 12.1 Å². The lowest BCUT2D eigenvalue weighted by Crippen LogP contribution is -2.36. The summed E-state index contributed by atoms with van der Waals surface area (Å²) in [4.78, 5) is 11.6. The van der Waals surface area contributed by atoms with Crippen LogP contribution >= 0.6 is 0 Å². The summed E-state index contributed by atoms with van der Waals surface area (Å²) in [5.41, 5.74) is 4.89. The average molecular weight is 273 g/mol. The summed E-state index contributed by atoms with van der Waals surface area (Å²) < 4.78 is 30.8. The summed E-state index contributed by atoms with van der Waals surface area (Å²) in [6.07, 6.45) is 2.04. The van der Waals surface area contributed by atoms with E-state index in [0.717, 1.165) is 0 Å². The molecule has 18 heavy (non-hydrogen) atoms. The predicted octanol–water partition coefficient (Wildman–Crippen LogP) is 0.560. The highest BCUT2D eigenvalue weighted by molar-refractivity contribution is 7.90. The monoisotopic (exact) mass is 273 g/mol. The zero-order valence-electron chi connectivity index (χ0n) is 10.2. The number of carbonyl (C=O) groups excluding carboxylic acids is 1. The number of nitrogens with one attached hydrogen (secondary N) is 1. The second kappa shape index (κ2) is 3.98. The van der Waals surface area contributed by atoms with Crippen molar-refractivity contribution in [2.45, 2.75) is 38.0 Å². The first-order chi connectivity index (χ1) is 8.32. The van der Waals surface area contributed by atoms with Crippen LogP contribution in [-0.2, 0) is 14.8 Å². The molecule has 8 heteroatoms. The Labute approximate surface area is 105 Å². The van der Waals surface area contributed by atoms with Crippen molar-refractivity contribution in [3.8, 4) is 0 Å². The smallest absolute Gasteiger partial charge is 0.271 e. The van der Waals surface area contributed by atoms with Gasteiger partial charge in [-0.2, -0.15) is 0 Å². The molecule has 0 saturated heterocycles. The lowest BCUT2D eigenvalue weighted by atomic mass is 10.0. The van der Waals surface area contributed by atoms with Gasteiger partial charge < -0.3 is 10.3 Å². The van der Waals surface area contributed by atoms with Crippen LogP contribution in [0.25, 0.3) is 0 Å². The van der Waals surface area contributed by atoms with E-state index in [1.165, 1.54) is 6.92 Å². The maximum Gasteiger partial charge on any atom is 0.271 e. The van der Waals surface area contributed by atoms with Crippen LogP contribution in [0.1, 0.15) is 31.9 Å². The van der Waals surface area contributed by atoms with Crippen LogP contribution in [0.4, 0.5) is 5.82 Å².